The van der Waals surface area contributed by atoms with Crippen LogP contribution in [0.4, 0.5) is 5.82 Å². The summed E-state index contributed by atoms with van der Waals surface area (Å²) in [4.78, 5) is 15.6. The lowest BCUT2D eigenvalue weighted by atomic mass is 10.1. The van der Waals surface area contributed by atoms with Gasteiger partial charge in [-0.15, -0.1) is 0 Å². The van der Waals surface area contributed by atoms with Crippen LogP contribution in [-0.4, -0.2) is 22.1 Å². The Morgan fingerprint density at radius 2 is 1.64 bits per heavy atom. The first-order valence-corrected chi connectivity index (χ1v) is 11.4. The van der Waals surface area contributed by atoms with Gasteiger partial charge in [0.2, 0.25) is 0 Å². The maximum absolute atomic E-state index is 12.3. The van der Waals surface area contributed by atoms with Gasteiger partial charge < -0.3 is 20.2 Å². The summed E-state index contributed by atoms with van der Waals surface area (Å²) >= 11 is 0. The highest BCUT2D eigenvalue weighted by molar-refractivity contribution is 5.84. The predicted octanol–water partition coefficient (Wildman–Crippen LogP) is 5.12. The number of benzene rings is 3. The first kappa shape index (κ1) is 21.0. The topological polar surface area (TPSA) is 61.9 Å². The lowest BCUT2D eigenvalue weighted by Crippen LogP contribution is -2.32. The molecule has 1 unspecified atom stereocenters. The van der Waals surface area contributed by atoms with Crippen molar-refractivity contribution in [1.82, 2.24) is 14.9 Å². The number of rotatable bonds is 8. The third-order valence-corrected chi connectivity index (χ3v) is 6.04. The Bertz CT molecular complexity index is 1440. The van der Waals surface area contributed by atoms with E-state index in [9.17, 15) is 4.79 Å². The highest BCUT2D eigenvalue weighted by Gasteiger charge is 2.10. The van der Waals surface area contributed by atoms with Crippen LogP contribution in [0, 0.1) is 0 Å². The molecule has 0 bridgehead atoms. The Balaban J connectivity index is 1.25. The number of pyridine rings is 1. The van der Waals surface area contributed by atoms with Crippen molar-refractivity contribution in [2.75, 3.05) is 11.9 Å². The number of nitrogens with one attached hydrogen (secondary N) is 3. The molecule has 1 atom stereocenters. The fraction of sp³-hybridized carbons (Fsp3) is 0.179. The summed E-state index contributed by atoms with van der Waals surface area (Å²) < 4.78 is 2.32. The molecular formula is C28H28N4O. The summed E-state index contributed by atoms with van der Waals surface area (Å²) in [5.41, 5.74) is 4.70. The molecule has 0 spiro atoms. The van der Waals surface area contributed by atoms with Gasteiger partial charge in [-0.25, -0.2) is 0 Å². The Kier molecular flexibility index (Phi) is 5.96. The van der Waals surface area contributed by atoms with E-state index < -0.39 is 0 Å². The number of para-hydroxylation sites is 2. The number of fused-ring (bicyclic) bond motifs is 2. The van der Waals surface area contributed by atoms with Crippen molar-refractivity contribution in [2.24, 2.45) is 0 Å². The minimum atomic E-state index is 0.0266. The van der Waals surface area contributed by atoms with Crippen LogP contribution in [0.25, 0.3) is 21.8 Å². The zero-order valence-corrected chi connectivity index (χ0v) is 18.7. The fourth-order valence-corrected chi connectivity index (χ4v) is 4.29. The van der Waals surface area contributed by atoms with E-state index in [1.165, 1.54) is 22.0 Å². The van der Waals surface area contributed by atoms with Gasteiger partial charge in [0.15, 0.2) is 5.43 Å². The average Bonchev–Trinajstić information content (AvgIpc) is 3.19. The van der Waals surface area contributed by atoms with Gasteiger partial charge >= 0.3 is 0 Å². The lowest BCUT2D eigenvalue weighted by Gasteiger charge is -2.15. The third kappa shape index (κ3) is 4.69. The van der Waals surface area contributed by atoms with Crippen LogP contribution in [0.5, 0.6) is 0 Å². The maximum Gasteiger partial charge on any atom is 0.191 e. The molecule has 2 heterocycles. The van der Waals surface area contributed by atoms with Gasteiger partial charge in [0, 0.05) is 54.2 Å². The Labute approximate surface area is 193 Å². The molecule has 33 heavy (non-hydrogen) atoms. The Hall–Kier alpha value is -3.83. The van der Waals surface area contributed by atoms with Crippen LogP contribution in [0.15, 0.2) is 95.9 Å². The molecule has 3 N–H and O–H groups in total. The van der Waals surface area contributed by atoms with Crippen molar-refractivity contribution < 1.29 is 0 Å². The van der Waals surface area contributed by atoms with Crippen molar-refractivity contribution in [1.29, 1.82) is 0 Å². The Morgan fingerprint density at radius 3 is 2.48 bits per heavy atom. The van der Waals surface area contributed by atoms with Crippen molar-refractivity contribution in [2.45, 2.75) is 26.1 Å². The number of H-pyrrole nitrogens is 1. The van der Waals surface area contributed by atoms with Gasteiger partial charge in [0.25, 0.3) is 0 Å². The van der Waals surface area contributed by atoms with E-state index in [0.717, 1.165) is 24.4 Å². The molecule has 0 saturated carbocycles. The SMILES string of the molecule is CC(CNc1cc(=O)c2ccccc2[nH]1)NCc1cn(Cc2ccccc2)c2ccccc12. The second-order valence-corrected chi connectivity index (χ2v) is 8.54. The van der Waals surface area contributed by atoms with Gasteiger partial charge in [-0.1, -0.05) is 60.7 Å². The zero-order valence-electron chi connectivity index (χ0n) is 18.7. The summed E-state index contributed by atoms with van der Waals surface area (Å²) in [6.07, 6.45) is 2.26. The number of aromatic nitrogens is 2. The van der Waals surface area contributed by atoms with Gasteiger partial charge in [-0.05, 0) is 36.2 Å². The molecule has 0 aliphatic carbocycles. The molecule has 0 aliphatic rings. The molecule has 0 radical (unpaired) electrons. The summed E-state index contributed by atoms with van der Waals surface area (Å²) in [5.74, 6) is 0.742. The molecule has 0 amide bonds. The van der Waals surface area contributed by atoms with Crippen molar-refractivity contribution in [3.05, 3.63) is 112 Å². The largest absolute Gasteiger partial charge is 0.370 e. The summed E-state index contributed by atoms with van der Waals surface area (Å²) in [5, 5.41) is 8.97. The molecule has 3 aromatic carbocycles. The van der Waals surface area contributed by atoms with Crippen LogP contribution in [0.1, 0.15) is 18.1 Å². The van der Waals surface area contributed by atoms with Gasteiger partial charge in [-0.3, -0.25) is 4.79 Å². The van der Waals surface area contributed by atoms with E-state index in [1.807, 2.05) is 24.3 Å². The standard InChI is InChI=1S/C28H28N4O/c1-20(16-30-28-15-27(33)24-12-5-7-13-25(24)31-28)29-17-22-19-32(18-21-9-3-2-4-10-21)26-14-8-6-11-23(22)26/h2-15,19-20,29H,16-18H2,1H3,(H2,30,31,33). The first-order valence-electron chi connectivity index (χ1n) is 11.4. The first-order chi connectivity index (χ1) is 16.2. The van der Waals surface area contributed by atoms with Gasteiger partial charge in [0.1, 0.15) is 5.82 Å². The maximum atomic E-state index is 12.3. The number of anilines is 1. The smallest absolute Gasteiger partial charge is 0.191 e. The zero-order chi connectivity index (χ0) is 22.6. The van der Waals surface area contributed by atoms with Gasteiger partial charge in [-0.2, -0.15) is 0 Å². The van der Waals surface area contributed by atoms with E-state index in [2.05, 4.69) is 87.9 Å². The molecule has 0 fully saturated rings. The number of nitrogens with zero attached hydrogens (tertiary/aromatic N) is 1. The predicted molar refractivity (Wildman–Crippen MR) is 137 cm³/mol. The molecular weight excluding hydrogens is 408 g/mol. The van der Waals surface area contributed by atoms with E-state index in [1.54, 1.807) is 6.07 Å². The average molecular weight is 437 g/mol. The molecule has 0 aliphatic heterocycles. The van der Waals surface area contributed by atoms with E-state index in [0.29, 0.717) is 11.9 Å². The monoisotopic (exact) mass is 436 g/mol. The van der Waals surface area contributed by atoms with Crippen LogP contribution in [0.2, 0.25) is 0 Å². The highest BCUT2D eigenvalue weighted by Crippen LogP contribution is 2.22. The fourth-order valence-electron chi connectivity index (χ4n) is 4.29. The number of hydrogen-bond acceptors (Lipinski definition) is 3. The molecule has 5 rings (SSSR count). The molecule has 5 heteroatoms. The van der Waals surface area contributed by atoms with Crippen molar-refractivity contribution >= 4 is 27.6 Å². The number of aromatic amines is 1. The second kappa shape index (κ2) is 9.35. The minimum absolute atomic E-state index is 0.0266. The van der Waals surface area contributed by atoms with Crippen molar-refractivity contribution in [3.8, 4) is 0 Å². The molecule has 2 aromatic heterocycles. The minimum Gasteiger partial charge on any atom is -0.370 e. The third-order valence-electron chi connectivity index (χ3n) is 6.04. The second-order valence-electron chi connectivity index (χ2n) is 8.54. The molecule has 166 valence electrons. The highest BCUT2D eigenvalue weighted by atomic mass is 16.1. The van der Waals surface area contributed by atoms with Crippen LogP contribution in [-0.2, 0) is 13.1 Å². The van der Waals surface area contributed by atoms with Gasteiger partial charge in [0.05, 0.1) is 5.52 Å². The van der Waals surface area contributed by atoms with E-state index in [4.69, 9.17) is 0 Å². The van der Waals surface area contributed by atoms with Crippen LogP contribution < -0.4 is 16.1 Å². The molecule has 5 aromatic rings. The summed E-state index contributed by atoms with van der Waals surface area (Å²) in [7, 11) is 0. The van der Waals surface area contributed by atoms with E-state index >= 15 is 0 Å². The number of hydrogen-bond donors (Lipinski definition) is 3. The molecule has 5 nitrogen and oxygen atoms in total. The van der Waals surface area contributed by atoms with Crippen LogP contribution >= 0.6 is 0 Å². The van der Waals surface area contributed by atoms with E-state index in [-0.39, 0.29) is 11.5 Å². The Morgan fingerprint density at radius 1 is 0.909 bits per heavy atom. The van der Waals surface area contributed by atoms with Crippen molar-refractivity contribution in [3.63, 3.8) is 0 Å². The summed E-state index contributed by atoms with van der Waals surface area (Å²) in [6, 6.07) is 28.5. The summed E-state index contributed by atoms with van der Waals surface area (Å²) in [6.45, 7) is 4.49. The lowest BCUT2D eigenvalue weighted by molar-refractivity contribution is 0.568. The normalized spacial score (nSPS) is 12.3. The van der Waals surface area contributed by atoms with Crippen LogP contribution in [0.3, 0.4) is 0 Å². The molecule has 0 saturated heterocycles. The quantitative estimate of drug-likeness (QED) is 0.316.